The Balaban J connectivity index is 0.00000480. The minimum Gasteiger partial charge on any atom is -0.492 e. The zero-order valence-corrected chi connectivity index (χ0v) is 22.1. The van der Waals surface area contributed by atoms with Crippen molar-refractivity contribution in [2.24, 2.45) is 4.99 Å². The van der Waals surface area contributed by atoms with E-state index in [1.165, 1.54) is 0 Å². The molecule has 0 bridgehead atoms. The summed E-state index contributed by atoms with van der Waals surface area (Å²) in [5.74, 6) is 1.67. The van der Waals surface area contributed by atoms with Crippen LogP contribution in [0.5, 0.6) is 5.75 Å². The molecule has 7 nitrogen and oxygen atoms in total. The number of methoxy groups -OCH3 is 1. The third-order valence-corrected chi connectivity index (χ3v) is 5.42. The maximum absolute atomic E-state index is 6.00. The quantitative estimate of drug-likeness (QED) is 0.252. The fraction of sp³-hybridized carbons (Fsp3) is 0.696. The van der Waals surface area contributed by atoms with Crippen molar-refractivity contribution in [2.75, 3.05) is 53.6 Å². The van der Waals surface area contributed by atoms with E-state index < -0.39 is 0 Å². The average molecular weight is 549 g/mol. The van der Waals surface area contributed by atoms with E-state index >= 15 is 0 Å². The highest BCUT2D eigenvalue weighted by molar-refractivity contribution is 14.0. The van der Waals surface area contributed by atoms with Crippen molar-refractivity contribution < 1.29 is 14.2 Å². The van der Waals surface area contributed by atoms with Crippen LogP contribution in [0, 0.1) is 0 Å². The molecule has 1 aliphatic rings. The lowest BCUT2D eigenvalue weighted by Gasteiger charge is -2.31. The van der Waals surface area contributed by atoms with Crippen LogP contribution in [0.1, 0.15) is 39.2 Å². The number of halogens is 1. The molecular weight excluding hydrogens is 507 g/mol. The van der Waals surface area contributed by atoms with Crippen molar-refractivity contribution in [3.05, 3.63) is 29.8 Å². The predicted molar refractivity (Wildman–Crippen MR) is 138 cm³/mol. The molecule has 0 spiro atoms. The van der Waals surface area contributed by atoms with E-state index in [2.05, 4.69) is 41.6 Å². The molecule has 178 valence electrons. The molecule has 8 heteroatoms. The van der Waals surface area contributed by atoms with Crippen molar-refractivity contribution >= 4 is 29.9 Å². The molecule has 0 aromatic heterocycles. The van der Waals surface area contributed by atoms with Crippen molar-refractivity contribution in [3.8, 4) is 5.75 Å². The lowest BCUT2D eigenvalue weighted by atomic mass is 10.1. The SMILES string of the molecule is CCNC(=NCc1cccc(OCCN(C)C2CCOCC2)c1)NCC(C)(C)OC.I. The van der Waals surface area contributed by atoms with Crippen LogP contribution < -0.4 is 15.4 Å². The molecule has 2 rings (SSSR count). The van der Waals surface area contributed by atoms with E-state index in [0.717, 1.165) is 56.4 Å². The summed E-state index contributed by atoms with van der Waals surface area (Å²) in [5, 5.41) is 6.62. The van der Waals surface area contributed by atoms with Gasteiger partial charge in [0.15, 0.2) is 5.96 Å². The summed E-state index contributed by atoms with van der Waals surface area (Å²) in [6, 6.07) is 8.78. The van der Waals surface area contributed by atoms with Crippen LogP contribution in [0.25, 0.3) is 0 Å². The number of hydrogen-bond acceptors (Lipinski definition) is 5. The summed E-state index contributed by atoms with van der Waals surface area (Å²) in [5.41, 5.74) is 0.871. The number of hydrogen-bond donors (Lipinski definition) is 2. The molecule has 1 aromatic carbocycles. The van der Waals surface area contributed by atoms with Gasteiger partial charge in [-0.2, -0.15) is 0 Å². The number of benzene rings is 1. The van der Waals surface area contributed by atoms with Crippen LogP contribution in [-0.2, 0) is 16.0 Å². The monoisotopic (exact) mass is 548 g/mol. The molecule has 1 heterocycles. The van der Waals surface area contributed by atoms with Crippen molar-refractivity contribution in [1.82, 2.24) is 15.5 Å². The number of guanidine groups is 1. The summed E-state index contributed by atoms with van der Waals surface area (Å²) in [6.45, 7) is 11.5. The van der Waals surface area contributed by atoms with Crippen molar-refractivity contribution in [2.45, 2.75) is 51.8 Å². The first-order valence-electron chi connectivity index (χ1n) is 11.0. The van der Waals surface area contributed by atoms with Gasteiger partial charge < -0.3 is 24.8 Å². The van der Waals surface area contributed by atoms with E-state index in [1.54, 1.807) is 7.11 Å². The Hall–Kier alpha value is -1.10. The molecule has 0 aliphatic carbocycles. The van der Waals surface area contributed by atoms with Crippen LogP contribution in [0.3, 0.4) is 0 Å². The molecule has 1 aliphatic heterocycles. The zero-order valence-electron chi connectivity index (χ0n) is 19.8. The Kier molecular flexibility index (Phi) is 13.4. The molecular formula is C23H41IN4O3. The summed E-state index contributed by atoms with van der Waals surface area (Å²) >= 11 is 0. The number of aliphatic imine (C=N–C) groups is 1. The Morgan fingerprint density at radius 1 is 1.26 bits per heavy atom. The minimum atomic E-state index is -0.248. The molecule has 0 atom stereocenters. The largest absolute Gasteiger partial charge is 0.492 e. The van der Waals surface area contributed by atoms with E-state index in [0.29, 0.717) is 25.7 Å². The second-order valence-corrected chi connectivity index (χ2v) is 8.33. The second kappa shape index (κ2) is 14.9. The molecule has 31 heavy (non-hydrogen) atoms. The van der Waals surface area contributed by atoms with Crippen LogP contribution >= 0.6 is 24.0 Å². The number of nitrogens with one attached hydrogen (secondary N) is 2. The molecule has 1 fully saturated rings. The standard InChI is InChI=1S/C23H40N4O3.HI/c1-6-24-22(26-18-23(2,3)28-5)25-17-19-8-7-9-21(16-19)30-15-12-27(4)20-10-13-29-14-11-20;/h7-9,16,20H,6,10-15,17-18H2,1-5H3,(H2,24,25,26);1H. The highest BCUT2D eigenvalue weighted by Crippen LogP contribution is 2.16. The normalized spacial score (nSPS) is 15.5. The average Bonchev–Trinajstić information content (AvgIpc) is 2.76. The fourth-order valence-electron chi connectivity index (χ4n) is 3.23. The van der Waals surface area contributed by atoms with Crippen molar-refractivity contribution in [1.29, 1.82) is 0 Å². The molecule has 2 N–H and O–H groups in total. The van der Waals surface area contributed by atoms with Crippen molar-refractivity contribution in [3.63, 3.8) is 0 Å². The third kappa shape index (κ3) is 10.9. The minimum absolute atomic E-state index is 0. The number of rotatable bonds is 11. The number of nitrogens with zero attached hydrogens (tertiary/aromatic N) is 2. The molecule has 0 unspecified atom stereocenters. The van der Waals surface area contributed by atoms with Gasteiger partial charge >= 0.3 is 0 Å². The van der Waals surface area contributed by atoms with Gasteiger partial charge in [0.05, 0.1) is 12.1 Å². The molecule has 1 saturated heterocycles. The Morgan fingerprint density at radius 2 is 2.00 bits per heavy atom. The van der Waals surface area contributed by atoms with Crippen LogP contribution in [0.15, 0.2) is 29.3 Å². The Morgan fingerprint density at radius 3 is 2.68 bits per heavy atom. The van der Waals surface area contributed by atoms with Gasteiger partial charge in [0, 0.05) is 46.0 Å². The second-order valence-electron chi connectivity index (χ2n) is 8.33. The van der Waals surface area contributed by atoms with Gasteiger partial charge in [-0.25, -0.2) is 4.99 Å². The first kappa shape index (κ1) is 27.9. The third-order valence-electron chi connectivity index (χ3n) is 5.42. The van der Waals surface area contributed by atoms with Crippen LogP contribution in [0.2, 0.25) is 0 Å². The predicted octanol–water partition coefficient (Wildman–Crippen LogP) is 3.27. The van der Waals surface area contributed by atoms with Gasteiger partial charge in [-0.3, -0.25) is 4.90 Å². The first-order chi connectivity index (χ1) is 14.4. The van der Waals surface area contributed by atoms with Gasteiger partial charge in [0.2, 0.25) is 0 Å². The van der Waals surface area contributed by atoms with Crippen LogP contribution in [-0.4, -0.2) is 76.1 Å². The highest BCUT2D eigenvalue weighted by atomic mass is 127. The maximum atomic E-state index is 6.00. The van der Waals surface area contributed by atoms with Crippen LogP contribution in [0.4, 0.5) is 0 Å². The van der Waals surface area contributed by atoms with Gasteiger partial charge in [-0.05, 0) is 58.4 Å². The Bertz CT molecular complexity index is 651. The van der Waals surface area contributed by atoms with Gasteiger partial charge in [-0.1, -0.05) is 12.1 Å². The zero-order chi connectivity index (χ0) is 21.8. The topological polar surface area (TPSA) is 67.4 Å². The summed E-state index contributed by atoms with van der Waals surface area (Å²) in [7, 11) is 3.89. The van der Waals surface area contributed by atoms with Gasteiger partial charge in [-0.15, -0.1) is 24.0 Å². The smallest absolute Gasteiger partial charge is 0.191 e. The fourth-order valence-corrected chi connectivity index (χ4v) is 3.23. The first-order valence-corrected chi connectivity index (χ1v) is 11.0. The van der Waals surface area contributed by atoms with E-state index in [1.807, 2.05) is 26.0 Å². The van der Waals surface area contributed by atoms with E-state index in [9.17, 15) is 0 Å². The lowest BCUT2D eigenvalue weighted by molar-refractivity contribution is 0.0268. The summed E-state index contributed by atoms with van der Waals surface area (Å²) in [6.07, 6.45) is 2.21. The summed E-state index contributed by atoms with van der Waals surface area (Å²) < 4.78 is 16.9. The lowest BCUT2D eigenvalue weighted by Crippen LogP contribution is -2.45. The molecule has 0 saturated carbocycles. The number of ether oxygens (including phenoxy) is 3. The summed E-state index contributed by atoms with van der Waals surface area (Å²) in [4.78, 5) is 7.08. The highest BCUT2D eigenvalue weighted by Gasteiger charge is 2.18. The van der Waals surface area contributed by atoms with Gasteiger partial charge in [0.25, 0.3) is 0 Å². The Labute approximate surface area is 205 Å². The maximum Gasteiger partial charge on any atom is 0.191 e. The molecule has 0 amide bonds. The van der Waals surface area contributed by atoms with E-state index in [4.69, 9.17) is 19.2 Å². The molecule has 0 radical (unpaired) electrons. The number of likely N-dealkylation sites (N-methyl/N-ethyl adjacent to an activating group) is 1. The molecule has 1 aromatic rings. The van der Waals surface area contributed by atoms with Gasteiger partial charge in [0.1, 0.15) is 12.4 Å². The van der Waals surface area contributed by atoms with E-state index in [-0.39, 0.29) is 29.6 Å².